The van der Waals surface area contributed by atoms with Gasteiger partial charge >= 0.3 is 0 Å². The molecule has 0 atom stereocenters. The number of rotatable bonds is 4. The number of thiazole rings is 1. The van der Waals surface area contributed by atoms with Crippen LogP contribution in [0.4, 0.5) is 0 Å². The fourth-order valence-corrected chi connectivity index (χ4v) is 2.77. The van der Waals surface area contributed by atoms with Gasteiger partial charge in [0.1, 0.15) is 10.7 Å². The van der Waals surface area contributed by atoms with E-state index in [4.69, 9.17) is 0 Å². The molecule has 0 fully saturated rings. The SMILES string of the molecule is CCN(C)C(=O)c1csc(-c2cnn(-c3ccccc3)c2)n1. The second-order valence-electron chi connectivity index (χ2n) is 4.87. The maximum atomic E-state index is 12.1. The second kappa shape index (κ2) is 6.11. The largest absolute Gasteiger partial charge is 0.341 e. The number of para-hydroxylation sites is 1. The molecule has 2 aromatic heterocycles. The third kappa shape index (κ3) is 2.78. The minimum absolute atomic E-state index is 0.0551. The number of carbonyl (C=O) groups excluding carboxylic acids is 1. The molecule has 0 aliphatic rings. The minimum Gasteiger partial charge on any atom is -0.341 e. The van der Waals surface area contributed by atoms with Gasteiger partial charge in [-0.1, -0.05) is 18.2 Å². The van der Waals surface area contributed by atoms with Crippen molar-refractivity contribution in [2.75, 3.05) is 13.6 Å². The molecule has 6 heteroatoms. The number of hydrogen-bond donors (Lipinski definition) is 0. The van der Waals surface area contributed by atoms with Gasteiger partial charge in [0.2, 0.25) is 0 Å². The topological polar surface area (TPSA) is 51.0 Å². The minimum atomic E-state index is -0.0551. The highest BCUT2D eigenvalue weighted by Gasteiger charge is 2.15. The van der Waals surface area contributed by atoms with Gasteiger partial charge in [-0.05, 0) is 19.1 Å². The first-order valence-corrected chi connectivity index (χ1v) is 7.88. The van der Waals surface area contributed by atoms with Crippen LogP contribution in [-0.2, 0) is 0 Å². The predicted molar refractivity (Wildman–Crippen MR) is 87.3 cm³/mol. The van der Waals surface area contributed by atoms with E-state index in [0.29, 0.717) is 12.2 Å². The molecule has 0 N–H and O–H groups in total. The summed E-state index contributed by atoms with van der Waals surface area (Å²) >= 11 is 1.46. The predicted octanol–water partition coefficient (Wildman–Crippen LogP) is 3.09. The van der Waals surface area contributed by atoms with E-state index < -0.39 is 0 Å². The van der Waals surface area contributed by atoms with Crippen LogP contribution in [0.15, 0.2) is 48.1 Å². The molecule has 0 bridgehead atoms. The van der Waals surface area contributed by atoms with Gasteiger partial charge in [-0.3, -0.25) is 4.79 Å². The number of hydrogen-bond acceptors (Lipinski definition) is 4. The van der Waals surface area contributed by atoms with Gasteiger partial charge in [0.25, 0.3) is 5.91 Å². The molecule has 0 aliphatic carbocycles. The summed E-state index contributed by atoms with van der Waals surface area (Å²) < 4.78 is 1.80. The van der Waals surface area contributed by atoms with Crippen molar-refractivity contribution in [1.29, 1.82) is 0 Å². The summed E-state index contributed by atoms with van der Waals surface area (Å²) in [5.41, 5.74) is 2.39. The Bertz CT molecular complexity index is 778. The summed E-state index contributed by atoms with van der Waals surface area (Å²) in [5, 5.41) is 6.95. The Morgan fingerprint density at radius 3 is 2.82 bits per heavy atom. The average molecular weight is 312 g/mol. The summed E-state index contributed by atoms with van der Waals surface area (Å²) in [7, 11) is 1.77. The normalized spacial score (nSPS) is 10.6. The molecule has 112 valence electrons. The maximum Gasteiger partial charge on any atom is 0.273 e. The van der Waals surface area contributed by atoms with E-state index in [9.17, 15) is 4.79 Å². The zero-order valence-electron chi connectivity index (χ0n) is 12.4. The van der Waals surface area contributed by atoms with Gasteiger partial charge in [-0.25, -0.2) is 9.67 Å². The Balaban J connectivity index is 1.86. The molecule has 0 unspecified atom stereocenters. The fraction of sp³-hybridized carbons (Fsp3) is 0.188. The third-order valence-corrected chi connectivity index (χ3v) is 4.29. The Morgan fingerprint density at radius 1 is 1.32 bits per heavy atom. The van der Waals surface area contributed by atoms with Crippen LogP contribution in [0.3, 0.4) is 0 Å². The van der Waals surface area contributed by atoms with Crippen molar-refractivity contribution in [3.05, 3.63) is 53.8 Å². The lowest BCUT2D eigenvalue weighted by Crippen LogP contribution is -2.26. The molecule has 1 aromatic carbocycles. The van der Waals surface area contributed by atoms with Crippen molar-refractivity contribution < 1.29 is 4.79 Å². The molecular weight excluding hydrogens is 296 g/mol. The summed E-state index contributed by atoms with van der Waals surface area (Å²) in [6.07, 6.45) is 3.69. The summed E-state index contributed by atoms with van der Waals surface area (Å²) in [5.74, 6) is -0.0551. The monoisotopic (exact) mass is 312 g/mol. The molecule has 3 rings (SSSR count). The van der Waals surface area contributed by atoms with Crippen LogP contribution < -0.4 is 0 Å². The Morgan fingerprint density at radius 2 is 2.09 bits per heavy atom. The van der Waals surface area contributed by atoms with Gasteiger partial charge in [-0.15, -0.1) is 11.3 Å². The molecule has 0 spiro atoms. The number of carbonyl (C=O) groups is 1. The molecule has 22 heavy (non-hydrogen) atoms. The van der Waals surface area contributed by atoms with Gasteiger partial charge in [0, 0.05) is 30.7 Å². The molecule has 0 radical (unpaired) electrons. The van der Waals surface area contributed by atoms with Gasteiger partial charge < -0.3 is 4.90 Å². The highest BCUT2D eigenvalue weighted by Crippen LogP contribution is 2.24. The van der Waals surface area contributed by atoms with Crippen molar-refractivity contribution in [3.8, 4) is 16.3 Å². The average Bonchev–Trinajstić information content (AvgIpc) is 3.23. The van der Waals surface area contributed by atoms with Gasteiger partial charge in [-0.2, -0.15) is 5.10 Å². The molecule has 0 aliphatic heterocycles. The molecule has 5 nitrogen and oxygen atoms in total. The lowest BCUT2D eigenvalue weighted by molar-refractivity contribution is 0.0797. The molecule has 0 saturated carbocycles. The highest BCUT2D eigenvalue weighted by molar-refractivity contribution is 7.13. The van der Waals surface area contributed by atoms with Crippen LogP contribution in [-0.4, -0.2) is 39.2 Å². The van der Waals surface area contributed by atoms with E-state index >= 15 is 0 Å². The van der Waals surface area contributed by atoms with Crippen molar-refractivity contribution in [3.63, 3.8) is 0 Å². The van der Waals surface area contributed by atoms with E-state index in [1.807, 2.05) is 43.5 Å². The summed E-state index contributed by atoms with van der Waals surface area (Å²) in [6.45, 7) is 2.60. The fourth-order valence-electron chi connectivity index (χ4n) is 2.00. The number of aromatic nitrogens is 3. The zero-order chi connectivity index (χ0) is 15.5. The lowest BCUT2D eigenvalue weighted by atomic mass is 10.3. The molecule has 1 amide bonds. The maximum absolute atomic E-state index is 12.1. The summed E-state index contributed by atoms with van der Waals surface area (Å²) in [4.78, 5) is 18.2. The smallest absolute Gasteiger partial charge is 0.273 e. The van der Waals surface area contributed by atoms with Gasteiger partial charge in [0.15, 0.2) is 0 Å². The van der Waals surface area contributed by atoms with E-state index in [1.54, 1.807) is 28.2 Å². The molecule has 3 aromatic rings. The molecular formula is C16H16N4OS. The Kier molecular flexibility index (Phi) is 4.02. The number of nitrogens with zero attached hydrogens (tertiary/aromatic N) is 4. The highest BCUT2D eigenvalue weighted by atomic mass is 32.1. The third-order valence-electron chi connectivity index (χ3n) is 3.39. The Hall–Kier alpha value is -2.47. The second-order valence-corrected chi connectivity index (χ2v) is 5.72. The quantitative estimate of drug-likeness (QED) is 0.744. The van der Waals surface area contributed by atoms with Crippen LogP contribution in [0.1, 0.15) is 17.4 Å². The first kappa shape index (κ1) is 14.5. The van der Waals surface area contributed by atoms with Crippen LogP contribution in [0.2, 0.25) is 0 Å². The van der Waals surface area contributed by atoms with Crippen LogP contribution in [0.25, 0.3) is 16.3 Å². The van der Waals surface area contributed by atoms with Crippen molar-refractivity contribution in [1.82, 2.24) is 19.7 Å². The van der Waals surface area contributed by atoms with Crippen LogP contribution >= 0.6 is 11.3 Å². The Labute approximate surface area is 132 Å². The first-order valence-electron chi connectivity index (χ1n) is 7.00. The van der Waals surface area contributed by atoms with E-state index in [2.05, 4.69) is 10.1 Å². The summed E-state index contributed by atoms with van der Waals surface area (Å²) in [6, 6.07) is 9.89. The van der Waals surface area contributed by atoms with E-state index in [1.165, 1.54) is 11.3 Å². The number of benzene rings is 1. The van der Waals surface area contributed by atoms with Crippen LogP contribution in [0, 0.1) is 0 Å². The zero-order valence-corrected chi connectivity index (χ0v) is 13.2. The standard InChI is InChI=1S/C16H16N4OS/c1-3-19(2)16(21)14-11-22-15(18-14)12-9-17-20(10-12)13-7-5-4-6-8-13/h4-11H,3H2,1-2H3. The van der Waals surface area contributed by atoms with Gasteiger partial charge in [0.05, 0.1) is 11.9 Å². The first-order chi connectivity index (χ1) is 10.7. The van der Waals surface area contributed by atoms with Crippen LogP contribution in [0.5, 0.6) is 0 Å². The lowest BCUT2D eigenvalue weighted by Gasteiger charge is -2.11. The molecule has 2 heterocycles. The van der Waals surface area contributed by atoms with E-state index in [0.717, 1.165) is 16.3 Å². The van der Waals surface area contributed by atoms with Crippen molar-refractivity contribution in [2.24, 2.45) is 0 Å². The van der Waals surface area contributed by atoms with Crippen molar-refractivity contribution in [2.45, 2.75) is 6.92 Å². The van der Waals surface area contributed by atoms with E-state index in [-0.39, 0.29) is 5.91 Å². The molecule has 0 saturated heterocycles. The number of amides is 1. The van der Waals surface area contributed by atoms with Crippen molar-refractivity contribution >= 4 is 17.2 Å².